The highest BCUT2D eigenvalue weighted by atomic mass is 32.1. The van der Waals surface area contributed by atoms with Crippen LogP contribution in [0.3, 0.4) is 0 Å². The van der Waals surface area contributed by atoms with Crippen molar-refractivity contribution in [3.8, 4) is 0 Å². The minimum absolute atomic E-state index is 0.513. The molecular formula is C19H17NS. The van der Waals surface area contributed by atoms with E-state index in [2.05, 4.69) is 56.1 Å². The zero-order valence-electron chi connectivity index (χ0n) is 12.5. The average molecular weight is 291 g/mol. The van der Waals surface area contributed by atoms with Crippen molar-refractivity contribution >= 4 is 27.8 Å². The molecule has 0 radical (unpaired) electrons. The van der Waals surface area contributed by atoms with Crippen molar-refractivity contribution in [2.75, 3.05) is 0 Å². The van der Waals surface area contributed by atoms with Crippen molar-refractivity contribution in [3.05, 3.63) is 69.0 Å². The number of rotatable bonds is 1. The first-order valence-corrected chi connectivity index (χ1v) is 8.14. The molecule has 0 fully saturated rings. The van der Waals surface area contributed by atoms with Crippen LogP contribution in [0.2, 0.25) is 0 Å². The second-order valence-corrected chi connectivity index (χ2v) is 7.06. The molecule has 1 aromatic carbocycles. The molecule has 1 unspecified atom stereocenters. The molecule has 2 heterocycles. The molecule has 1 aliphatic rings. The largest absolute Gasteiger partial charge is 0.256 e. The summed E-state index contributed by atoms with van der Waals surface area (Å²) in [4.78, 5) is 7.47. The van der Waals surface area contributed by atoms with Crippen molar-refractivity contribution in [2.45, 2.75) is 26.7 Å². The van der Waals surface area contributed by atoms with Crippen LogP contribution in [0.4, 0.5) is 0 Å². The quantitative estimate of drug-likeness (QED) is 0.573. The zero-order valence-corrected chi connectivity index (χ0v) is 13.3. The van der Waals surface area contributed by atoms with Crippen molar-refractivity contribution in [3.63, 3.8) is 0 Å². The lowest BCUT2D eigenvalue weighted by atomic mass is 9.97. The maximum Gasteiger partial charge on any atom is 0.0780 e. The lowest BCUT2D eigenvalue weighted by Gasteiger charge is -2.10. The normalized spacial score (nSPS) is 17.6. The maximum atomic E-state index is 4.64. The van der Waals surface area contributed by atoms with Gasteiger partial charge in [-0.1, -0.05) is 36.8 Å². The number of aryl methyl sites for hydroxylation is 1. The highest BCUT2D eigenvalue weighted by Gasteiger charge is 2.29. The number of aromatic nitrogens is 1. The molecule has 2 heteroatoms. The number of para-hydroxylation sites is 1. The van der Waals surface area contributed by atoms with Crippen LogP contribution in [0.25, 0.3) is 16.5 Å². The molecule has 1 atom stereocenters. The van der Waals surface area contributed by atoms with Gasteiger partial charge in [0.25, 0.3) is 0 Å². The summed E-state index contributed by atoms with van der Waals surface area (Å²) >= 11 is 1.91. The Morgan fingerprint density at radius 3 is 2.76 bits per heavy atom. The summed E-state index contributed by atoms with van der Waals surface area (Å²) in [6, 6.07) is 13.0. The molecule has 0 aliphatic heterocycles. The van der Waals surface area contributed by atoms with Crippen LogP contribution in [0.1, 0.15) is 40.6 Å². The maximum absolute atomic E-state index is 4.64. The lowest BCUT2D eigenvalue weighted by molar-refractivity contribution is 0.923. The van der Waals surface area contributed by atoms with Crippen molar-refractivity contribution in [2.24, 2.45) is 0 Å². The molecular weight excluding hydrogens is 274 g/mol. The highest BCUT2D eigenvalue weighted by molar-refractivity contribution is 7.13. The molecule has 0 N–H and O–H groups in total. The molecule has 104 valence electrons. The van der Waals surface area contributed by atoms with E-state index in [1.165, 1.54) is 37.4 Å². The molecule has 0 spiro atoms. The Hall–Kier alpha value is -1.93. The first kappa shape index (κ1) is 12.8. The summed E-state index contributed by atoms with van der Waals surface area (Å²) in [5.41, 5.74) is 6.74. The highest BCUT2D eigenvalue weighted by Crippen LogP contribution is 2.49. The Morgan fingerprint density at radius 1 is 1.10 bits per heavy atom. The summed E-state index contributed by atoms with van der Waals surface area (Å²) in [5, 5.41) is 1.21. The Balaban J connectivity index is 2.05. The number of benzene rings is 1. The molecule has 0 amide bonds. The summed E-state index contributed by atoms with van der Waals surface area (Å²) < 4.78 is 0. The molecule has 3 aromatic rings. The molecule has 1 nitrogen and oxygen atoms in total. The van der Waals surface area contributed by atoms with Gasteiger partial charge in [-0.05, 0) is 31.5 Å². The fourth-order valence-electron chi connectivity index (χ4n) is 3.32. The predicted molar refractivity (Wildman–Crippen MR) is 90.9 cm³/mol. The minimum atomic E-state index is 0.513. The number of thiophene rings is 1. The second-order valence-electron chi connectivity index (χ2n) is 5.80. The standard InChI is InChI=1S/C19H17NS/c1-11-10-16-12(2)13(3)17(19(16)21-11)15-8-4-6-14-7-5-9-20-18(14)15/h4-10,12H,1-3H3. The fourth-order valence-corrected chi connectivity index (χ4v) is 4.55. The van der Waals surface area contributed by atoms with E-state index >= 15 is 0 Å². The van der Waals surface area contributed by atoms with E-state index < -0.39 is 0 Å². The first-order chi connectivity index (χ1) is 10.2. The van der Waals surface area contributed by atoms with E-state index in [0.717, 1.165) is 5.52 Å². The van der Waals surface area contributed by atoms with E-state index in [9.17, 15) is 0 Å². The van der Waals surface area contributed by atoms with E-state index in [-0.39, 0.29) is 0 Å². The molecule has 0 saturated carbocycles. The molecule has 21 heavy (non-hydrogen) atoms. The van der Waals surface area contributed by atoms with Crippen LogP contribution in [0.5, 0.6) is 0 Å². The molecule has 2 aromatic heterocycles. The van der Waals surface area contributed by atoms with Crippen molar-refractivity contribution in [1.29, 1.82) is 0 Å². The van der Waals surface area contributed by atoms with Crippen LogP contribution < -0.4 is 0 Å². The van der Waals surface area contributed by atoms with Gasteiger partial charge in [-0.15, -0.1) is 11.3 Å². The van der Waals surface area contributed by atoms with Crippen molar-refractivity contribution < 1.29 is 0 Å². The summed E-state index contributed by atoms with van der Waals surface area (Å²) in [7, 11) is 0. The number of pyridine rings is 1. The third-order valence-electron chi connectivity index (χ3n) is 4.52. The summed E-state index contributed by atoms with van der Waals surface area (Å²) in [5.74, 6) is 0.513. The smallest absolute Gasteiger partial charge is 0.0780 e. The van der Waals surface area contributed by atoms with Crippen LogP contribution in [0, 0.1) is 6.92 Å². The van der Waals surface area contributed by atoms with Gasteiger partial charge in [-0.3, -0.25) is 4.98 Å². The monoisotopic (exact) mass is 291 g/mol. The van der Waals surface area contributed by atoms with Gasteiger partial charge in [-0.25, -0.2) is 0 Å². The average Bonchev–Trinajstić information content (AvgIpc) is 2.97. The number of nitrogens with zero attached hydrogens (tertiary/aromatic N) is 1. The number of hydrogen-bond donors (Lipinski definition) is 0. The molecule has 1 aliphatic carbocycles. The Kier molecular flexibility index (Phi) is 2.76. The summed E-state index contributed by atoms with van der Waals surface area (Å²) in [6.45, 7) is 6.78. The number of fused-ring (bicyclic) bond motifs is 2. The third kappa shape index (κ3) is 1.79. The zero-order chi connectivity index (χ0) is 14.6. The topological polar surface area (TPSA) is 12.9 Å². The molecule has 0 saturated heterocycles. The molecule has 0 bridgehead atoms. The fraction of sp³-hybridized carbons (Fsp3) is 0.211. The number of hydrogen-bond acceptors (Lipinski definition) is 2. The van der Waals surface area contributed by atoms with E-state index in [0.29, 0.717) is 5.92 Å². The third-order valence-corrected chi connectivity index (χ3v) is 5.61. The molecule has 4 rings (SSSR count). The van der Waals surface area contributed by atoms with E-state index in [1.807, 2.05) is 23.6 Å². The van der Waals surface area contributed by atoms with Gasteiger partial charge in [0, 0.05) is 38.4 Å². The van der Waals surface area contributed by atoms with Crippen molar-refractivity contribution in [1.82, 2.24) is 4.98 Å². The lowest BCUT2D eigenvalue weighted by Crippen LogP contribution is -1.91. The van der Waals surface area contributed by atoms with Crippen LogP contribution >= 0.6 is 11.3 Å². The van der Waals surface area contributed by atoms with Gasteiger partial charge in [0.05, 0.1) is 5.52 Å². The van der Waals surface area contributed by atoms with Gasteiger partial charge in [0.15, 0.2) is 0 Å². The van der Waals surface area contributed by atoms with Gasteiger partial charge in [0.1, 0.15) is 0 Å². The second kappa shape index (κ2) is 4.54. The Morgan fingerprint density at radius 2 is 1.90 bits per heavy atom. The van der Waals surface area contributed by atoms with Gasteiger partial charge in [0.2, 0.25) is 0 Å². The number of allylic oxidation sites excluding steroid dienone is 1. The SMILES string of the molecule is CC1=C(c2cccc3cccnc23)c2sc(C)cc2C1C. The first-order valence-electron chi connectivity index (χ1n) is 7.32. The van der Waals surface area contributed by atoms with E-state index in [1.54, 1.807) is 0 Å². The van der Waals surface area contributed by atoms with Crippen LogP contribution in [-0.2, 0) is 0 Å². The van der Waals surface area contributed by atoms with Gasteiger partial charge < -0.3 is 0 Å². The Labute approximate surface area is 129 Å². The van der Waals surface area contributed by atoms with Gasteiger partial charge in [-0.2, -0.15) is 0 Å². The Bertz CT molecular complexity index is 880. The predicted octanol–water partition coefficient (Wildman–Crippen LogP) is 5.54. The van der Waals surface area contributed by atoms with Crippen LogP contribution in [-0.4, -0.2) is 4.98 Å². The summed E-state index contributed by atoms with van der Waals surface area (Å²) in [6.07, 6.45) is 1.89. The van der Waals surface area contributed by atoms with Crippen LogP contribution in [0.15, 0.2) is 48.2 Å². The van der Waals surface area contributed by atoms with E-state index in [4.69, 9.17) is 0 Å². The minimum Gasteiger partial charge on any atom is -0.256 e. The van der Waals surface area contributed by atoms with Gasteiger partial charge >= 0.3 is 0 Å².